The normalized spacial score (nSPS) is 14.8. The highest BCUT2D eigenvalue weighted by Crippen LogP contribution is 2.22. The zero-order chi connectivity index (χ0) is 18.4. The van der Waals surface area contributed by atoms with Crippen molar-refractivity contribution in [2.24, 2.45) is 0 Å². The Labute approximate surface area is 153 Å². The number of aromatic nitrogens is 2. The lowest BCUT2D eigenvalue weighted by molar-refractivity contribution is -0.131. The number of rotatable bonds is 6. The van der Waals surface area contributed by atoms with Crippen LogP contribution in [0.25, 0.3) is 0 Å². The van der Waals surface area contributed by atoms with E-state index in [-0.39, 0.29) is 11.9 Å². The SMILES string of the molecule is COc1cccc(CC(=O)N2CCC(Nc3nccnc3OC)CC2)c1. The summed E-state index contributed by atoms with van der Waals surface area (Å²) in [6, 6.07) is 7.90. The summed E-state index contributed by atoms with van der Waals surface area (Å²) < 4.78 is 10.4. The zero-order valence-electron chi connectivity index (χ0n) is 15.1. The molecule has 1 aromatic carbocycles. The quantitative estimate of drug-likeness (QED) is 0.855. The number of anilines is 1. The number of carbonyl (C=O) groups excluding carboxylic acids is 1. The van der Waals surface area contributed by atoms with Gasteiger partial charge in [-0.3, -0.25) is 4.79 Å². The maximum Gasteiger partial charge on any atom is 0.257 e. The first-order valence-electron chi connectivity index (χ1n) is 8.72. The second-order valence-corrected chi connectivity index (χ2v) is 6.24. The van der Waals surface area contributed by atoms with E-state index in [0.29, 0.717) is 18.1 Å². The van der Waals surface area contributed by atoms with E-state index < -0.39 is 0 Å². The van der Waals surface area contributed by atoms with E-state index in [1.165, 1.54) is 0 Å². The van der Waals surface area contributed by atoms with Crippen molar-refractivity contribution in [3.63, 3.8) is 0 Å². The zero-order valence-corrected chi connectivity index (χ0v) is 15.1. The van der Waals surface area contributed by atoms with Gasteiger partial charge in [0.25, 0.3) is 5.88 Å². The minimum absolute atomic E-state index is 0.147. The van der Waals surface area contributed by atoms with Crippen LogP contribution in [0.4, 0.5) is 5.82 Å². The lowest BCUT2D eigenvalue weighted by Gasteiger charge is -2.32. The molecule has 1 amide bonds. The molecule has 0 aliphatic carbocycles. The number of hydrogen-bond donors (Lipinski definition) is 1. The fourth-order valence-electron chi connectivity index (χ4n) is 3.11. The summed E-state index contributed by atoms with van der Waals surface area (Å²) >= 11 is 0. The summed E-state index contributed by atoms with van der Waals surface area (Å²) in [7, 11) is 3.21. The van der Waals surface area contributed by atoms with Crippen LogP contribution in [-0.4, -0.2) is 54.1 Å². The third-order valence-electron chi connectivity index (χ3n) is 4.54. The van der Waals surface area contributed by atoms with Gasteiger partial charge >= 0.3 is 0 Å². The number of piperidine rings is 1. The summed E-state index contributed by atoms with van der Waals surface area (Å²) in [5.74, 6) is 2.06. The van der Waals surface area contributed by atoms with Gasteiger partial charge in [-0.05, 0) is 30.5 Å². The van der Waals surface area contributed by atoms with Crippen molar-refractivity contribution < 1.29 is 14.3 Å². The molecule has 2 heterocycles. The van der Waals surface area contributed by atoms with E-state index >= 15 is 0 Å². The molecule has 2 aromatic rings. The van der Waals surface area contributed by atoms with Crippen molar-refractivity contribution in [3.8, 4) is 11.6 Å². The van der Waals surface area contributed by atoms with Crippen LogP contribution >= 0.6 is 0 Å². The molecule has 7 nitrogen and oxygen atoms in total. The average Bonchev–Trinajstić information content (AvgIpc) is 2.69. The second kappa shape index (κ2) is 8.51. The van der Waals surface area contributed by atoms with Crippen LogP contribution in [0.3, 0.4) is 0 Å². The van der Waals surface area contributed by atoms with E-state index in [1.807, 2.05) is 29.2 Å². The molecular weight excluding hydrogens is 332 g/mol. The number of ether oxygens (including phenoxy) is 2. The first kappa shape index (κ1) is 18.0. The molecule has 0 spiro atoms. The maximum atomic E-state index is 12.6. The van der Waals surface area contributed by atoms with Crippen LogP contribution < -0.4 is 14.8 Å². The number of methoxy groups -OCH3 is 2. The summed E-state index contributed by atoms with van der Waals surface area (Å²) in [5, 5.41) is 3.37. The smallest absolute Gasteiger partial charge is 0.257 e. The third-order valence-corrected chi connectivity index (χ3v) is 4.54. The largest absolute Gasteiger partial charge is 0.497 e. The molecule has 0 atom stereocenters. The lowest BCUT2D eigenvalue weighted by Crippen LogP contribution is -2.43. The average molecular weight is 356 g/mol. The van der Waals surface area contributed by atoms with Crippen molar-refractivity contribution >= 4 is 11.7 Å². The van der Waals surface area contributed by atoms with Gasteiger partial charge in [-0.1, -0.05) is 12.1 Å². The van der Waals surface area contributed by atoms with Gasteiger partial charge in [0.15, 0.2) is 5.82 Å². The summed E-state index contributed by atoms with van der Waals surface area (Å²) in [5.41, 5.74) is 0.971. The molecule has 7 heteroatoms. The van der Waals surface area contributed by atoms with Crippen molar-refractivity contribution in [1.82, 2.24) is 14.9 Å². The maximum absolute atomic E-state index is 12.6. The Morgan fingerprint density at radius 1 is 1.19 bits per heavy atom. The summed E-state index contributed by atoms with van der Waals surface area (Å²) in [4.78, 5) is 22.9. The molecule has 1 aliphatic heterocycles. The highest BCUT2D eigenvalue weighted by molar-refractivity contribution is 5.79. The minimum Gasteiger partial charge on any atom is -0.497 e. The lowest BCUT2D eigenvalue weighted by atomic mass is 10.0. The summed E-state index contributed by atoms with van der Waals surface area (Å²) in [6.45, 7) is 1.45. The van der Waals surface area contributed by atoms with Gasteiger partial charge < -0.3 is 19.7 Å². The fourth-order valence-corrected chi connectivity index (χ4v) is 3.11. The van der Waals surface area contributed by atoms with Crippen molar-refractivity contribution in [1.29, 1.82) is 0 Å². The molecule has 26 heavy (non-hydrogen) atoms. The predicted octanol–water partition coefficient (Wildman–Crippen LogP) is 2.14. The molecular formula is C19H24N4O3. The molecule has 0 radical (unpaired) electrons. The first-order chi connectivity index (χ1) is 12.7. The number of carbonyl (C=O) groups is 1. The molecule has 1 fully saturated rings. The number of nitrogens with one attached hydrogen (secondary N) is 1. The van der Waals surface area contributed by atoms with Gasteiger partial charge in [0, 0.05) is 31.5 Å². The van der Waals surface area contributed by atoms with Gasteiger partial charge in [0.05, 0.1) is 20.6 Å². The molecule has 0 bridgehead atoms. The molecule has 138 valence electrons. The highest BCUT2D eigenvalue weighted by atomic mass is 16.5. The molecule has 0 saturated carbocycles. The van der Waals surface area contributed by atoms with Gasteiger partial charge in [-0.25, -0.2) is 9.97 Å². The molecule has 3 rings (SSSR count). The van der Waals surface area contributed by atoms with E-state index in [2.05, 4.69) is 15.3 Å². The van der Waals surface area contributed by atoms with Crippen molar-refractivity contribution in [3.05, 3.63) is 42.2 Å². The number of amides is 1. The van der Waals surface area contributed by atoms with Gasteiger partial charge in [-0.2, -0.15) is 0 Å². The number of hydrogen-bond acceptors (Lipinski definition) is 6. The van der Waals surface area contributed by atoms with Crippen LogP contribution in [0, 0.1) is 0 Å². The van der Waals surface area contributed by atoms with E-state index in [1.54, 1.807) is 26.6 Å². The number of nitrogens with zero attached hydrogens (tertiary/aromatic N) is 3. The van der Waals surface area contributed by atoms with Crippen LogP contribution in [0.2, 0.25) is 0 Å². The molecule has 1 aliphatic rings. The Kier molecular flexibility index (Phi) is 5.88. The molecule has 0 unspecified atom stereocenters. The van der Waals surface area contributed by atoms with Gasteiger partial charge in [0.1, 0.15) is 5.75 Å². The molecule has 1 aromatic heterocycles. The van der Waals surface area contributed by atoms with Crippen LogP contribution in [0.15, 0.2) is 36.7 Å². The second-order valence-electron chi connectivity index (χ2n) is 6.24. The van der Waals surface area contributed by atoms with Crippen LogP contribution in [-0.2, 0) is 11.2 Å². The predicted molar refractivity (Wildman–Crippen MR) is 98.5 cm³/mol. The molecule has 1 saturated heterocycles. The Bertz CT molecular complexity index is 745. The van der Waals surface area contributed by atoms with Crippen molar-refractivity contribution in [2.45, 2.75) is 25.3 Å². The van der Waals surface area contributed by atoms with Crippen molar-refractivity contribution in [2.75, 3.05) is 32.6 Å². The fraction of sp³-hybridized carbons (Fsp3) is 0.421. The van der Waals surface area contributed by atoms with Gasteiger partial charge in [0.2, 0.25) is 5.91 Å². The number of likely N-dealkylation sites (tertiary alicyclic amines) is 1. The Balaban J connectivity index is 1.52. The Hall–Kier alpha value is -2.83. The number of benzene rings is 1. The Morgan fingerprint density at radius 3 is 2.69 bits per heavy atom. The molecule has 1 N–H and O–H groups in total. The Morgan fingerprint density at radius 2 is 1.96 bits per heavy atom. The summed E-state index contributed by atoms with van der Waals surface area (Å²) in [6.07, 6.45) is 5.36. The van der Waals surface area contributed by atoms with E-state index in [0.717, 1.165) is 37.2 Å². The van der Waals surface area contributed by atoms with Gasteiger partial charge in [-0.15, -0.1) is 0 Å². The van der Waals surface area contributed by atoms with Crippen LogP contribution in [0.5, 0.6) is 11.6 Å². The first-order valence-corrected chi connectivity index (χ1v) is 8.72. The van der Waals surface area contributed by atoms with E-state index in [4.69, 9.17) is 9.47 Å². The topological polar surface area (TPSA) is 76.6 Å². The highest BCUT2D eigenvalue weighted by Gasteiger charge is 2.24. The van der Waals surface area contributed by atoms with E-state index in [9.17, 15) is 4.79 Å². The monoisotopic (exact) mass is 356 g/mol. The third kappa shape index (κ3) is 4.41. The van der Waals surface area contributed by atoms with Crippen LogP contribution in [0.1, 0.15) is 18.4 Å². The minimum atomic E-state index is 0.147. The standard InChI is InChI=1S/C19H24N4O3/c1-25-16-5-3-4-14(12-16)13-17(24)23-10-6-15(7-11-23)22-18-19(26-2)21-9-8-20-18/h3-5,8-9,12,15H,6-7,10-11,13H2,1-2H3,(H,20,22).